The first-order valence-corrected chi connectivity index (χ1v) is 12.3. The zero-order chi connectivity index (χ0) is 29.5. The molecular weight excluding hydrogens is 533 g/mol. The van der Waals surface area contributed by atoms with Crippen LogP contribution in [-0.4, -0.2) is 36.3 Å². The van der Waals surface area contributed by atoms with Gasteiger partial charge in [0.1, 0.15) is 24.8 Å². The highest BCUT2D eigenvalue weighted by atomic mass is 19.4. The SMILES string of the molecule is CC(c1ccc(OCCF)cc1)C(CNC(=O)C(C)(C)Oc1ccc(C(F)(F)F)cn1)c1cc(F)cc(C#N)c1. The topological polar surface area (TPSA) is 84.2 Å². The van der Waals surface area contributed by atoms with Crippen molar-refractivity contribution < 1.29 is 36.2 Å². The normalized spacial score (nSPS) is 13.2. The average molecular weight is 562 g/mol. The van der Waals surface area contributed by atoms with Crippen molar-refractivity contribution in [3.05, 3.63) is 88.9 Å². The largest absolute Gasteiger partial charge is 0.491 e. The Hall–Kier alpha value is -4.20. The molecule has 40 heavy (non-hydrogen) atoms. The predicted octanol–water partition coefficient (Wildman–Crippen LogP) is 6.32. The summed E-state index contributed by atoms with van der Waals surface area (Å²) in [5.41, 5.74) is -1.06. The van der Waals surface area contributed by atoms with Crippen molar-refractivity contribution in [2.45, 2.75) is 44.4 Å². The smallest absolute Gasteiger partial charge is 0.417 e. The molecule has 2 atom stereocenters. The Morgan fingerprint density at radius 2 is 1.77 bits per heavy atom. The first-order chi connectivity index (χ1) is 18.8. The van der Waals surface area contributed by atoms with Gasteiger partial charge in [-0.3, -0.25) is 4.79 Å². The van der Waals surface area contributed by atoms with Crippen LogP contribution in [0.3, 0.4) is 0 Å². The van der Waals surface area contributed by atoms with E-state index in [9.17, 15) is 32.0 Å². The Morgan fingerprint density at radius 1 is 1.07 bits per heavy atom. The average Bonchev–Trinajstić information content (AvgIpc) is 2.91. The molecule has 0 aliphatic carbocycles. The molecule has 0 radical (unpaired) electrons. The zero-order valence-corrected chi connectivity index (χ0v) is 22.1. The molecule has 0 bridgehead atoms. The number of benzene rings is 2. The van der Waals surface area contributed by atoms with Gasteiger partial charge in [-0.05, 0) is 67.3 Å². The molecule has 0 spiro atoms. The van der Waals surface area contributed by atoms with E-state index in [1.807, 2.05) is 13.0 Å². The Balaban J connectivity index is 1.81. The van der Waals surface area contributed by atoms with Gasteiger partial charge in [-0.1, -0.05) is 19.1 Å². The van der Waals surface area contributed by atoms with Gasteiger partial charge in [-0.15, -0.1) is 0 Å². The fourth-order valence-electron chi connectivity index (χ4n) is 4.06. The molecule has 0 saturated heterocycles. The predicted molar refractivity (Wildman–Crippen MR) is 137 cm³/mol. The van der Waals surface area contributed by atoms with Crippen LogP contribution in [0.15, 0.2) is 60.8 Å². The van der Waals surface area contributed by atoms with Crippen molar-refractivity contribution in [2.24, 2.45) is 0 Å². The van der Waals surface area contributed by atoms with E-state index in [2.05, 4.69) is 10.3 Å². The molecule has 1 aromatic heterocycles. The summed E-state index contributed by atoms with van der Waals surface area (Å²) in [5, 5.41) is 12.1. The first kappa shape index (κ1) is 30.3. The van der Waals surface area contributed by atoms with Crippen LogP contribution < -0.4 is 14.8 Å². The molecule has 6 nitrogen and oxygen atoms in total. The van der Waals surface area contributed by atoms with E-state index in [4.69, 9.17) is 9.47 Å². The maximum Gasteiger partial charge on any atom is 0.417 e. The summed E-state index contributed by atoms with van der Waals surface area (Å²) in [6.07, 6.45) is -3.94. The number of hydrogen-bond acceptors (Lipinski definition) is 5. The van der Waals surface area contributed by atoms with Crippen molar-refractivity contribution in [2.75, 3.05) is 19.8 Å². The van der Waals surface area contributed by atoms with Gasteiger partial charge in [0.2, 0.25) is 5.88 Å². The summed E-state index contributed by atoms with van der Waals surface area (Å²) in [5.74, 6) is -1.67. The van der Waals surface area contributed by atoms with Crippen molar-refractivity contribution in [1.29, 1.82) is 5.26 Å². The number of aromatic nitrogens is 1. The third-order valence-corrected chi connectivity index (χ3v) is 6.29. The van der Waals surface area contributed by atoms with Crippen LogP contribution in [-0.2, 0) is 11.0 Å². The number of carbonyl (C=O) groups is 1. The molecule has 1 amide bonds. The number of carbonyl (C=O) groups excluding carboxylic acids is 1. The molecule has 2 unspecified atom stereocenters. The summed E-state index contributed by atoms with van der Waals surface area (Å²) in [6, 6.07) is 14.6. The van der Waals surface area contributed by atoms with Gasteiger partial charge in [0.15, 0.2) is 5.60 Å². The molecule has 0 aliphatic rings. The fraction of sp³-hybridized carbons (Fsp3) is 0.345. The number of hydrogen-bond donors (Lipinski definition) is 1. The number of nitrogens with one attached hydrogen (secondary N) is 1. The number of pyridine rings is 1. The van der Waals surface area contributed by atoms with E-state index in [1.165, 1.54) is 19.9 Å². The maximum atomic E-state index is 14.4. The highest BCUT2D eigenvalue weighted by Crippen LogP contribution is 2.34. The summed E-state index contributed by atoms with van der Waals surface area (Å²) in [6.45, 7) is 4.05. The highest BCUT2D eigenvalue weighted by Gasteiger charge is 2.34. The molecular formula is C29H28F5N3O3. The van der Waals surface area contributed by atoms with Gasteiger partial charge in [-0.25, -0.2) is 13.8 Å². The lowest BCUT2D eigenvalue weighted by atomic mass is 9.82. The molecule has 11 heteroatoms. The van der Waals surface area contributed by atoms with Gasteiger partial charge >= 0.3 is 6.18 Å². The number of halogens is 5. The van der Waals surface area contributed by atoms with Gasteiger partial charge < -0.3 is 14.8 Å². The fourth-order valence-corrected chi connectivity index (χ4v) is 4.06. The van der Waals surface area contributed by atoms with Gasteiger partial charge in [-0.2, -0.15) is 18.4 Å². The molecule has 0 saturated carbocycles. The van der Waals surface area contributed by atoms with Crippen molar-refractivity contribution in [3.63, 3.8) is 0 Å². The molecule has 2 aromatic carbocycles. The quantitative estimate of drug-likeness (QED) is 0.277. The van der Waals surface area contributed by atoms with Crippen molar-refractivity contribution in [1.82, 2.24) is 10.3 Å². The van der Waals surface area contributed by atoms with E-state index >= 15 is 0 Å². The van der Waals surface area contributed by atoms with E-state index < -0.39 is 41.7 Å². The second-order valence-electron chi connectivity index (χ2n) is 9.59. The number of nitriles is 1. The summed E-state index contributed by atoms with van der Waals surface area (Å²) >= 11 is 0. The Morgan fingerprint density at radius 3 is 2.35 bits per heavy atom. The lowest BCUT2D eigenvalue weighted by Gasteiger charge is -2.29. The number of nitrogens with zero attached hydrogens (tertiary/aromatic N) is 2. The van der Waals surface area contributed by atoms with Crippen LogP contribution in [0, 0.1) is 17.1 Å². The number of amides is 1. The Bertz CT molecular complexity index is 1340. The molecule has 3 aromatic rings. The summed E-state index contributed by atoms with van der Waals surface area (Å²) in [4.78, 5) is 16.8. The minimum Gasteiger partial charge on any atom is -0.491 e. The number of alkyl halides is 4. The minimum absolute atomic E-state index is 0.0155. The van der Waals surface area contributed by atoms with Crippen molar-refractivity contribution >= 4 is 5.91 Å². The maximum absolute atomic E-state index is 14.4. The highest BCUT2D eigenvalue weighted by molar-refractivity contribution is 5.84. The van der Waals surface area contributed by atoms with E-state index in [-0.39, 0.29) is 30.5 Å². The standard InChI is InChI=1S/C29H28F5N3O3/c1-18(20-4-7-24(8-5-20)39-11-10-30)25(21-12-19(15-35)13-23(31)14-21)17-37-27(38)28(2,3)40-26-9-6-22(16-36-26)29(32,33)34/h4-9,12-14,16,18,25H,10-11,17H2,1-3H3,(H,37,38). The van der Waals surface area contributed by atoms with Crippen LogP contribution in [0.5, 0.6) is 11.6 Å². The second kappa shape index (κ2) is 12.8. The van der Waals surface area contributed by atoms with Gasteiger partial charge in [0.25, 0.3) is 5.91 Å². The molecule has 0 fully saturated rings. The monoisotopic (exact) mass is 561 g/mol. The van der Waals surface area contributed by atoms with Crippen LogP contribution >= 0.6 is 0 Å². The number of rotatable bonds is 11. The second-order valence-corrected chi connectivity index (χ2v) is 9.59. The molecule has 0 aliphatic heterocycles. The Kier molecular flexibility index (Phi) is 9.69. The number of ether oxygens (including phenoxy) is 2. The van der Waals surface area contributed by atoms with Crippen LogP contribution in [0.2, 0.25) is 0 Å². The van der Waals surface area contributed by atoms with Crippen LogP contribution in [0.4, 0.5) is 22.0 Å². The Labute approximate surface area is 228 Å². The molecule has 1 heterocycles. The third-order valence-electron chi connectivity index (χ3n) is 6.29. The van der Waals surface area contributed by atoms with E-state index in [0.29, 0.717) is 17.5 Å². The van der Waals surface area contributed by atoms with Crippen LogP contribution in [0.1, 0.15) is 54.9 Å². The molecule has 3 rings (SSSR count). The lowest BCUT2D eigenvalue weighted by Crippen LogP contribution is -2.48. The van der Waals surface area contributed by atoms with Gasteiger partial charge in [0.05, 0.1) is 17.2 Å². The lowest BCUT2D eigenvalue weighted by molar-refractivity contribution is -0.138. The first-order valence-electron chi connectivity index (χ1n) is 12.3. The summed E-state index contributed by atoms with van der Waals surface area (Å²) < 4.78 is 76.1. The van der Waals surface area contributed by atoms with E-state index in [0.717, 1.165) is 23.8 Å². The van der Waals surface area contributed by atoms with E-state index in [1.54, 1.807) is 30.3 Å². The molecule has 1 N–H and O–H groups in total. The van der Waals surface area contributed by atoms with Crippen molar-refractivity contribution in [3.8, 4) is 17.7 Å². The molecule has 212 valence electrons. The zero-order valence-electron chi connectivity index (χ0n) is 22.1. The van der Waals surface area contributed by atoms with Crippen LogP contribution in [0.25, 0.3) is 0 Å². The van der Waals surface area contributed by atoms with Gasteiger partial charge in [0, 0.05) is 24.7 Å². The minimum atomic E-state index is -4.56. The third kappa shape index (κ3) is 7.91. The summed E-state index contributed by atoms with van der Waals surface area (Å²) in [7, 11) is 0.